The van der Waals surface area contributed by atoms with Crippen LogP contribution in [0.15, 0.2) is 11.0 Å². The topological polar surface area (TPSA) is 61.4 Å². The zero-order chi connectivity index (χ0) is 15.3. The van der Waals surface area contributed by atoms with Gasteiger partial charge in [-0.3, -0.25) is 0 Å². The number of hydrogen-bond acceptors (Lipinski definition) is 5. The molecular weight excluding hydrogens is 306 g/mol. The molecule has 5 nitrogen and oxygen atoms in total. The normalized spacial score (nSPS) is 17.2. The Labute approximate surface area is 131 Å². The van der Waals surface area contributed by atoms with E-state index in [9.17, 15) is 8.42 Å². The SMILES string of the molecule is CCCNCc1cc(S(=O)(=O)NN2CCCCC2)c(C)s1. The van der Waals surface area contributed by atoms with Gasteiger partial charge in [-0.15, -0.1) is 16.2 Å². The summed E-state index contributed by atoms with van der Waals surface area (Å²) in [5, 5.41) is 5.13. The molecule has 0 aromatic carbocycles. The van der Waals surface area contributed by atoms with E-state index in [4.69, 9.17) is 0 Å². The lowest BCUT2D eigenvalue weighted by atomic mass is 10.2. The van der Waals surface area contributed by atoms with Gasteiger partial charge >= 0.3 is 0 Å². The van der Waals surface area contributed by atoms with E-state index in [1.54, 1.807) is 17.4 Å². The van der Waals surface area contributed by atoms with Crippen LogP contribution < -0.4 is 10.1 Å². The molecule has 0 radical (unpaired) electrons. The number of piperidine rings is 1. The van der Waals surface area contributed by atoms with Crippen LogP contribution in [0.4, 0.5) is 0 Å². The van der Waals surface area contributed by atoms with Crippen LogP contribution in [0.25, 0.3) is 0 Å². The number of nitrogens with zero attached hydrogens (tertiary/aromatic N) is 1. The molecule has 0 unspecified atom stereocenters. The highest BCUT2D eigenvalue weighted by atomic mass is 32.2. The monoisotopic (exact) mass is 331 g/mol. The lowest BCUT2D eigenvalue weighted by molar-refractivity contribution is 0.200. The van der Waals surface area contributed by atoms with E-state index in [1.807, 2.05) is 11.9 Å². The summed E-state index contributed by atoms with van der Waals surface area (Å²) in [4.78, 5) is 5.07. The maximum atomic E-state index is 12.5. The average molecular weight is 332 g/mol. The van der Waals surface area contributed by atoms with Crippen molar-refractivity contribution < 1.29 is 8.42 Å². The smallest absolute Gasteiger partial charge is 0.254 e. The lowest BCUT2D eigenvalue weighted by Crippen LogP contribution is -2.44. The minimum atomic E-state index is -3.44. The van der Waals surface area contributed by atoms with E-state index in [0.717, 1.165) is 55.2 Å². The molecule has 0 saturated carbocycles. The second kappa shape index (κ2) is 7.69. The number of sulfonamides is 1. The van der Waals surface area contributed by atoms with Crippen molar-refractivity contribution in [3.63, 3.8) is 0 Å². The van der Waals surface area contributed by atoms with Crippen LogP contribution in [0.1, 0.15) is 42.4 Å². The molecule has 0 atom stereocenters. The molecular formula is C14H25N3O2S2. The first-order chi connectivity index (χ1) is 10.0. The van der Waals surface area contributed by atoms with Crippen LogP contribution in [0, 0.1) is 6.92 Å². The number of nitrogens with one attached hydrogen (secondary N) is 2. The van der Waals surface area contributed by atoms with Crippen molar-refractivity contribution in [2.45, 2.75) is 51.0 Å². The van der Waals surface area contributed by atoms with E-state index in [0.29, 0.717) is 4.90 Å². The summed E-state index contributed by atoms with van der Waals surface area (Å²) >= 11 is 1.55. The second-order valence-electron chi connectivity index (χ2n) is 5.45. The summed E-state index contributed by atoms with van der Waals surface area (Å²) in [6, 6.07) is 1.80. The molecule has 0 spiro atoms. The number of rotatable bonds is 7. The van der Waals surface area contributed by atoms with Gasteiger partial charge in [-0.05, 0) is 38.8 Å². The highest BCUT2D eigenvalue weighted by Gasteiger charge is 2.23. The van der Waals surface area contributed by atoms with E-state index in [1.165, 1.54) is 6.42 Å². The van der Waals surface area contributed by atoms with E-state index in [-0.39, 0.29) is 0 Å². The van der Waals surface area contributed by atoms with E-state index in [2.05, 4.69) is 17.1 Å². The Morgan fingerprint density at radius 1 is 1.29 bits per heavy atom. The highest BCUT2D eigenvalue weighted by Crippen LogP contribution is 2.26. The van der Waals surface area contributed by atoms with Crippen molar-refractivity contribution >= 4 is 21.4 Å². The fourth-order valence-electron chi connectivity index (χ4n) is 2.47. The fourth-order valence-corrected chi connectivity index (χ4v) is 5.20. The molecule has 120 valence electrons. The zero-order valence-electron chi connectivity index (χ0n) is 12.8. The predicted octanol–water partition coefficient (Wildman–Crippen LogP) is 2.24. The first-order valence-corrected chi connectivity index (χ1v) is 9.90. The van der Waals surface area contributed by atoms with Gasteiger partial charge in [-0.2, -0.15) is 0 Å². The highest BCUT2D eigenvalue weighted by molar-refractivity contribution is 7.89. The number of hydrogen-bond donors (Lipinski definition) is 2. The van der Waals surface area contributed by atoms with Crippen molar-refractivity contribution in [3.05, 3.63) is 15.8 Å². The van der Waals surface area contributed by atoms with Crippen LogP contribution in [-0.4, -0.2) is 33.1 Å². The standard InChI is InChI=1S/C14H25N3O2S2/c1-3-7-15-11-13-10-14(12(2)20-13)21(18,19)16-17-8-5-4-6-9-17/h10,15-16H,3-9,11H2,1-2H3. The van der Waals surface area contributed by atoms with Crippen LogP contribution in [0.2, 0.25) is 0 Å². The molecule has 2 rings (SSSR count). The minimum absolute atomic E-state index is 0.423. The van der Waals surface area contributed by atoms with Crippen molar-refractivity contribution in [1.29, 1.82) is 0 Å². The summed E-state index contributed by atoms with van der Waals surface area (Å²) in [6.07, 6.45) is 4.36. The maximum absolute atomic E-state index is 12.5. The van der Waals surface area contributed by atoms with Crippen LogP contribution in [0.3, 0.4) is 0 Å². The third kappa shape index (κ3) is 4.75. The summed E-state index contributed by atoms with van der Waals surface area (Å²) < 4.78 is 25.0. The third-order valence-corrected chi connectivity index (χ3v) is 6.23. The van der Waals surface area contributed by atoms with Crippen molar-refractivity contribution in [2.75, 3.05) is 19.6 Å². The van der Waals surface area contributed by atoms with E-state index < -0.39 is 10.0 Å². The third-order valence-electron chi connectivity index (χ3n) is 3.54. The van der Waals surface area contributed by atoms with Gasteiger partial charge in [-0.1, -0.05) is 13.3 Å². The maximum Gasteiger partial charge on any atom is 0.254 e. The first kappa shape index (κ1) is 16.9. The molecule has 2 heterocycles. The number of thiophene rings is 1. The summed E-state index contributed by atoms with van der Waals surface area (Å²) in [7, 11) is -3.44. The fraction of sp³-hybridized carbons (Fsp3) is 0.714. The molecule has 1 saturated heterocycles. The van der Waals surface area contributed by atoms with Crippen molar-refractivity contribution in [1.82, 2.24) is 15.2 Å². The largest absolute Gasteiger partial charge is 0.312 e. The number of aryl methyl sites for hydroxylation is 1. The molecule has 1 fully saturated rings. The van der Waals surface area contributed by atoms with Gasteiger partial charge in [0.25, 0.3) is 10.0 Å². The Morgan fingerprint density at radius 3 is 2.67 bits per heavy atom. The average Bonchev–Trinajstić information content (AvgIpc) is 2.82. The van der Waals surface area contributed by atoms with Gasteiger partial charge < -0.3 is 5.32 Å². The molecule has 1 aliphatic heterocycles. The molecule has 21 heavy (non-hydrogen) atoms. The van der Waals surface area contributed by atoms with Gasteiger partial charge in [-0.25, -0.2) is 13.4 Å². The minimum Gasteiger partial charge on any atom is -0.312 e. The molecule has 7 heteroatoms. The van der Waals surface area contributed by atoms with Crippen LogP contribution in [-0.2, 0) is 16.6 Å². The second-order valence-corrected chi connectivity index (χ2v) is 8.42. The Balaban J connectivity index is 2.04. The summed E-state index contributed by atoms with van der Waals surface area (Å²) in [6.45, 7) is 7.27. The zero-order valence-corrected chi connectivity index (χ0v) is 14.4. The summed E-state index contributed by atoms with van der Waals surface area (Å²) in [5.41, 5.74) is 0. The van der Waals surface area contributed by atoms with Crippen molar-refractivity contribution in [3.8, 4) is 0 Å². The van der Waals surface area contributed by atoms with Crippen molar-refractivity contribution in [2.24, 2.45) is 0 Å². The van der Waals surface area contributed by atoms with E-state index >= 15 is 0 Å². The van der Waals surface area contributed by atoms with Gasteiger partial charge in [0, 0.05) is 29.4 Å². The quantitative estimate of drug-likeness (QED) is 0.752. The molecule has 2 N–H and O–H groups in total. The first-order valence-electron chi connectivity index (χ1n) is 7.60. The van der Waals surface area contributed by atoms with Crippen LogP contribution in [0.5, 0.6) is 0 Å². The predicted molar refractivity (Wildman–Crippen MR) is 86.8 cm³/mol. The summed E-state index contributed by atoms with van der Waals surface area (Å²) in [5.74, 6) is 0. The Hall–Kier alpha value is -0.470. The molecule has 1 aromatic heterocycles. The van der Waals surface area contributed by atoms with Gasteiger partial charge in [0.05, 0.1) is 4.90 Å². The number of hydrazine groups is 1. The van der Waals surface area contributed by atoms with Gasteiger partial charge in [0.1, 0.15) is 0 Å². The lowest BCUT2D eigenvalue weighted by Gasteiger charge is -2.26. The van der Waals surface area contributed by atoms with Crippen LogP contribution >= 0.6 is 11.3 Å². The Morgan fingerprint density at radius 2 is 2.00 bits per heavy atom. The van der Waals surface area contributed by atoms with Gasteiger partial charge in [0.2, 0.25) is 0 Å². The van der Waals surface area contributed by atoms with Gasteiger partial charge in [0.15, 0.2) is 0 Å². The molecule has 0 bridgehead atoms. The molecule has 0 aliphatic carbocycles. The molecule has 0 amide bonds. The Bertz CT molecular complexity index is 549. The Kier molecular flexibility index (Phi) is 6.19. The molecule has 1 aromatic rings. The molecule has 1 aliphatic rings.